The van der Waals surface area contributed by atoms with E-state index in [4.69, 9.17) is 5.73 Å². The maximum absolute atomic E-state index is 12.5. The molecule has 25 heavy (non-hydrogen) atoms. The predicted molar refractivity (Wildman–Crippen MR) is 102 cm³/mol. The van der Waals surface area contributed by atoms with Gasteiger partial charge >= 0.3 is 0 Å². The summed E-state index contributed by atoms with van der Waals surface area (Å²) in [5, 5.41) is 3.12. The number of hydrogen-bond acceptors (Lipinski definition) is 3. The van der Waals surface area contributed by atoms with Gasteiger partial charge in [0.15, 0.2) is 0 Å². The molecule has 1 heterocycles. The fourth-order valence-corrected chi connectivity index (χ4v) is 3.78. The Bertz CT molecular complexity index is 621. The average Bonchev–Trinajstić information content (AvgIpc) is 2.54. The first-order valence-electron chi connectivity index (χ1n) is 9.09. The molecule has 6 heteroatoms. The van der Waals surface area contributed by atoms with Crippen LogP contribution in [0.3, 0.4) is 0 Å². The number of anilines is 1. The van der Waals surface area contributed by atoms with Gasteiger partial charge in [0, 0.05) is 18.7 Å². The SMILES string of the molecule is Cl.Nc1ccc2c(c1)CCCC2NC(=O)CN1CCCCCCC1=O. The average molecular weight is 366 g/mol. The van der Waals surface area contributed by atoms with Crippen molar-refractivity contribution in [1.29, 1.82) is 0 Å². The molecule has 1 fully saturated rings. The summed E-state index contributed by atoms with van der Waals surface area (Å²) in [5.41, 5.74) is 9.03. The van der Waals surface area contributed by atoms with Crippen LogP contribution in [0.15, 0.2) is 18.2 Å². The van der Waals surface area contributed by atoms with Crippen molar-refractivity contribution < 1.29 is 9.59 Å². The zero-order chi connectivity index (χ0) is 16.9. The molecular formula is C19H28ClN3O2. The minimum absolute atomic E-state index is 0. The lowest BCUT2D eigenvalue weighted by molar-refractivity contribution is -0.136. The van der Waals surface area contributed by atoms with Crippen LogP contribution in [0.5, 0.6) is 0 Å². The van der Waals surface area contributed by atoms with Gasteiger partial charge in [0.05, 0.1) is 12.6 Å². The third-order valence-corrected chi connectivity index (χ3v) is 5.07. The second kappa shape index (κ2) is 9.09. The van der Waals surface area contributed by atoms with Gasteiger partial charge in [-0.15, -0.1) is 12.4 Å². The summed E-state index contributed by atoms with van der Waals surface area (Å²) in [4.78, 5) is 26.4. The smallest absolute Gasteiger partial charge is 0.240 e. The second-order valence-corrected chi connectivity index (χ2v) is 6.95. The van der Waals surface area contributed by atoms with Crippen LogP contribution >= 0.6 is 12.4 Å². The van der Waals surface area contributed by atoms with Crippen molar-refractivity contribution in [3.8, 4) is 0 Å². The number of nitrogens with zero attached hydrogens (tertiary/aromatic N) is 1. The van der Waals surface area contributed by atoms with Gasteiger partial charge in [-0.3, -0.25) is 9.59 Å². The summed E-state index contributed by atoms with van der Waals surface area (Å²) >= 11 is 0. The van der Waals surface area contributed by atoms with Crippen LogP contribution in [0.25, 0.3) is 0 Å². The highest BCUT2D eigenvalue weighted by atomic mass is 35.5. The highest BCUT2D eigenvalue weighted by Crippen LogP contribution is 2.30. The first-order chi connectivity index (χ1) is 11.6. The molecule has 138 valence electrons. The Hall–Kier alpha value is -1.75. The number of carbonyl (C=O) groups is 2. The Morgan fingerprint density at radius 1 is 1.16 bits per heavy atom. The van der Waals surface area contributed by atoms with E-state index in [2.05, 4.69) is 5.32 Å². The zero-order valence-corrected chi connectivity index (χ0v) is 15.4. The van der Waals surface area contributed by atoms with E-state index in [9.17, 15) is 9.59 Å². The zero-order valence-electron chi connectivity index (χ0n) is 14.6. The van der Waals surface area contributed by atoms with E-state index >= 15 is 0 Å². The van der Waals surface area contributed by atoms with Crippen molar-refractivity contribution in [1.82, 2.24) is 10.2 Å². The molecule has 1 unspecified atom stereocenters. The lowest BCUT2D eigenvalue weighted by Crippen LogP contribution is -2.43. The fourth-order valence-electron chi connectivity index (χ4n) is 3.78. The molecule has 3 N–H and O–H groups in total. The number of fused-ring (bicyclic) bond motifs is 1. The normalized spacial score (nSPS) is 20.7. The molecule has 1 atom stereocenters. The molecule has 1 aromatic rings. The van der Waals surface area contributed by atoms with E-state index in [0.29, 0.717) is 13.0 Å². The highest BCUT2D eigenvalue weighted by Gasteiger charge is 2.24. The number of benzene rings is 1. The number of nitrogens with one attached hydrogen (secondary N) is 1. The number of rotatable bonds is 3. The first-order valence-corrected chi connectivity index (χ1v) is 9.09. The summed E-state index contributed by atoms with van der Waals surface area (Å²) in [6.07, 6.45) is 7.76. The molecule has 0 radical (unpaired) electrons. The van der Waals surface area contributed by atoms with Crippen LogP contribution in [0.4, 0.5) is 5.69 Å². The lowest BCUT2D eigenvalue weighted by Gasteiger charge is -2.29. The van der Waals surface area contributed by atoms with Gasteiger partial charge in [-0.05, 0) is 55.4 Å². The Morgan fingerprint density at radius 3 is 2.80 bits per heavy atom. The summed E-state index contributed by atoms with van der Waals surface area (Å²) in [6.45, 7) is 0.879. The van der Waals surface area contributed by atoms with Crippen molar-refractivity contribution in [2.45, 2.75) is 57.4 Å². The van der Waals surface area contributed by atoms with Gasteiger partial charge in [-0.1, -0.05) is 18.9 Å². The summed E-state index contributed by atoms with van der Waals surface area (Å²) in [6, 6.07) is 5.96. The van der Waals surface area contributed by atoms with Crippen LogP contribution in [0.2, 0.25) is 0 Å². The van der Waals surface area contributed by atoms with Gasteiger partial charge in [0.25, 0.3) is 0 Å². The van der Waals surface area contributed by atoms with Gasteiger partial charge in [-0.25, -0.2) is 0 Å². The Kier molecular flexibility index (Phi) is 7.12. The quantitative estimate of drug-likeness (QED) is 0.808. The van der Waals surface area contributed by atoms with Gasteiger partial charge in [0.1, 0.15) is 0 Å². The highest BCUT2D eigenvalue weighted by molar-refractivity contribution is 5.85. The largest absolute Gasteiger partial charge is 0.399 e. The molecule has 3 rings (SSSR count). The van der Waals surface area contributed by atoms with E-state index in [1.807, 2.05) is 18.2 Å². The number of nitrogens with two attached hydrogens (primary N) is 1. The number of halogens is 1. The molecule has 0 bridgehead atoms. The third kappa shape index (κ3) is 5.11. The standard InChI is InChI=1S/C19H27N3O2.ClH/c20-15-9-10-16-14(12-15)6-5-7-17(16)21-18(23)13-22-11-4-2-1-3-8-19(22)24;/h9-10,12,17H,1-8,11,13,20H2,(H,21,23);1H. The number of nitrogen functional groups attached to an aromatic ring is 1. The molecule has 2 aliphatic rings. The van der Waals surface area contributed by atoms with Crippen LogP contribution in [-0.4, -0.2) is 29.8 Å². The first kappa shape index (κ1) is 19.6. The molecule has 1 aromatic carbocycles. The van der Waals surface area contributed by atoms with Crippen LogP contribution < -0.4 is 11.1 Å². The van der Waals surface area contributed by atoms with Crippen molar-refractivity contribution in [3.05, 3.63) is 29.3 Å². The van der Waals surface area contributed by atoms with E-state index in [1.165, 1.54) is 11.1 Å². The van der Waals surface area contributed by atoms with Crippen molar-refractivity contribution in [2.75, 3.05) is 18.8 Å². The van der Waals surface area contributed by atoms with Crippen LogP contribution in [0.1, 0.15) is 62.1 Å². The molecular weight excluding hydrogens is 338 g/mol. The summed E-state index contributed by atoms with van der Waals surface area (Å²) in [5.74, 6) is 0.0558. The Balaban J connectivity index is 0.00000225. The predicted octanol–water partition coefficient (Wildman–Crippen LogP) is 2.98. The van der Waals surface area contributed by atoms with E-state index < -0.39 is 0 Å². The molecule has 1 aliphatic heterocycles. The number of carbonyl (C=O) groups excluding carboxylic acids is 2. The maximum Gasteiger partial charge on any atom is 0.240 e. The van der Waals surface area contributed by atoms with Gasteiger partial charge in [0.2, 0.25) is 11.8 Å². The van der Waals surface area contributed by atoms with Crippen molar-refractivity contribution in [3.63, 3.8) is 0 Å². The van der Waals surface area contributed by atoms with Crippen LogP contribution in [0, 0.1) is 0 Å². The number of hydrogen-bond donors (Lipinski definition) is 2. The molecule has 0 spiro atoms. The summed E-state index contributed by atoms with van der Waals surface area (Å²) < 4.78 is 0. The van der Waals surface area contributed by atoms with Crippen molar-refractivity contribution >= 4 is 29.9 Å². The minimum Gasteiger partial charge on any atom is -0.399 e. The van der Waals surface area contributed by atoms with E-state index in [0.717, 1.165) is 50.6 Å². The summed E-state index contributed by atoms with van der Waals surface area (Å²) in [7, 11) is 0. The van der Waals surface area contributed by atoms with Crippen LogP contribution in [-0.2, 0) is 16.0 Å². The molecule has 1 aliphatic carbocycles. The Morgan fingerprint density at radius 2 is 1.96 bits per heavy atom. The number of likely N-dealkylation sites (tertiary alicyclic amines) is 1. The van der Waals surface area contributed by atoms with Crippen molar-refractivity contribution in [2.24, 2.45) is 0 Å². The minimum atomic E-state index is -0.0569. The molecule has 2 amide bonds. The molecule has 5 nitrogen and oxygen atoms in total. The van der Waals surface area contributed by atoms with Gasteiger partial charge < -0.3 is 16.0 Å². The number of aryl methyl sites for hydroxylation is 1. The molecule has 0 aromatic heterocycles. The van der Waals surface area contributed by atoms with E-state index in [1.54, 1.807) is 4.90 Å². The second-order valence-electron chi connectivity index (χ2n) is 6.95. The maximum atomic E-state index is 12.5. The topological polar surface area (TPSA) is 75.4 Å². The third-order valence-electron chi connectivity index (χ3n) is 5.07. The lowest BCUT2D eigenvalue weighted by atomic mass is 9.87. The molecule has 1 saturated heterocycles. The number of amides is 2. The fraction of sp³-hybridized carbons (Fsp3) is 0.579. The molecule has 0 saturated carbocycles. The Labute approximate surface area is 155 Å². The monoisotopic (exact) mass is 365 g/mol. The van der Waals surface area contributed by atoms with E-state index in [-0.39, 0.29) is 36.8 Å². The van der Waals surface area contributed by atoms with Gasteiger partial charge in [-0.2, -0.15) is 0 Å².